The van der Waals surface area contributed by atoms with Crippen molar-refractivity contribution in [1.29, 1.82) is 0 Å². The average Bonchev–Trinajstić information content (AvgIpc) is 4.11. The highest BCUT2D eigenvalue weighted by Gasteiger charge is 2.35. The Morgan fingerprint density at radius 2 is 1.24 bits per heavy atom. The molecule has 0 aromatic heterocycles. The average molecular weight is 950 g/mol. The maximum atomic E-state index is 14.0. The summed E-state index contributed by atoms with van der Waals surface area (Å²) in [6.45, 7) is 6.57. The van der Waals surface area contributed by atoms with Gasteiger partial charge in [-0.05, 0) is 77.3 Å². The number of nitrogens with two attached hydrogens (primary N) is 1. The minimum absolute atomic E-state index is 0.0592. The van der Waals surface area contributed by atoms with Crippen molar-refractivity contribution in [3.8, 4) is 34.5 Å². The topological polar surface area (TPSA) is 181 Å². The Kier molecular flexibility index (Phi) is 14.2. The summed E-state index contributed by atoms with van der Waals surface area (Å²) in [6.07, 6.45) is 11.9. The van der Waals surface area contributed by atoms with E-state index in [-0.39, 0.29) is 67.3 Å². The summed E-state index contributed by atoms with van der Waals surface area (Å²) in [6, 6.07) is 19.8. The number of ether oxygens (including phenoxy) is 6. The van der Waals surface area contributed by atoms with Crippen LogP contribution in [0.2, 0.25) is 0 Å². The highest BCUT2D eigenvalue weighted by molar-refractivity contribution is 6.06. The molecule has 4 atom stereocenters. The van der Waals surface area contributed by atoms with Gasteiger partial charge in [0.15, 0.2) is 34.5 Å². The lowest BCUT2D eigenvalue weighted by Crippen LogP contribution is -2.35. The summed E-state index contributed by atoms with van der Waals surface area (Å²) in [5, 5.41) is 0. The van der Waals surface area contributed by atoms with Crippen LogP contribution in [0.15, 0.2) is 89.1 Å². The minimum Gasteiger partial charge on any atom is -0.493 e. The fraction of sp³-hybridized carbons (Fsp3) is 0.382. The number of hydrogen-bond acceptors (Lipinski definition) is 13. The number of hydrogen-bond donors (Lipinski definition) is 1. The molecule has 364 valence electrons. The number of fused-ring (bicyclic) bond motifs is 5. The maximum absolute atomic E-state index is 14.0. The SMILES string of the molecule is COc1cc2c(cc1OCCCOc1cc3c(cc1OC)C(=O)N1C=C(c4ccc5c(c4)OCO5)CC1C=N3)N=CC1CC(c3ccc(CCC(=O)C(C)CCCC(=O)C(N)C(C)C)cc3)=CN1C2=O. The monoisotopic (exact) mass is 949 g/mol. The smallest absolute Gasteiger partial charge is 0.260 e. The van der Waals surface area contributed by atoms with Gasteiger partial charge < -0.3 is 44.0 Å². The van der Waals surface area contributed by atoms with Gasteiger partial charge in [-0.2, -0.15) is 0 Å². The molecule has 5 aliphatic rings. The van der Waals surface area contributed by atoms with E-state index in [1.54, 1.807) is 46.5 Å². The van der Waals surface area contributed by atoms with E-state index >= 15 is 0 Å². The normalized spacial score (nSPS) is 18.3. The molecule has 0 aliphatic carbocycles. The molecule has 0 saturated carbocycles. The number of Topliss-reactive ketones (excluding diaryl/α,β-unsaturated/α-hetero) is 2. The quantitative estimate of drug-likeness (QED) is 0.0835. The molecule has 2 N–H and O–H groups in total. The highest BCUT2D eigenvalue weighted by atomic mass is 16.7. The van der Waals surface area contributed by atoms with E-state index in [0.717, 1.165) is 27.8 Å². The lowest BCUT2D eigenvalue weighted by molar-refractivity contribution is -0.124. The van der Waals surface area contributed by atoms with Crippen molar-refractivity contribution < 1.29 is 47.6 Å². The van der Waals surface area contributed by atoms with Crippen molar-refractivity contribution in [3.05, 3.63) is 107 Å². The molecule has 15 heteroatoms. The molecule has 4 unspecified atom stereocenters. The summed E-state index contributed by atoms with van der Waals surface area (Å²) in [4.78, 5) is 66.0. The first-order chi connectivity index (χ1) is 33.9. The van der Waals surface area contributed by atoms with Crippen molar-refractivity contribution in [2.45, 2.75) is 90.3 Å². The summed E-state index contributed by atoms with van der Waals surface area (Å²) in [5.41, 5.74) is 12.8. The summed E-state index contributed by atoms with van der Waals surface area (Å²) in [7, 11) is 3.07. The van der Waals surface area contributed by atoms with Crippen LogP contribution in [0.4, 0.5) is 11.4 Å². The van der Waals surface area contributed by atoms with Crippen LogP contribution in [-0.4, -0.2) is 98.0 Å². The van der Waals surface area contributed by atoms with Gasteiger partial charge in [0.1, 0.15) is 11.6 Å². The van der Waals surface area contributed by atoms with E-state index in [9.17, 15) is 19.2 Å². The number of carbonyl (C=O) groups is 4. The lowest BCUT2D eigenvalue weighted by atomic mass is 9.92. The van der Waals surface area contributed by atoms with E-state index in [2.05, 4.69) is 0 Å². The molecule has 15 nitrogen and oxygen atoms in total. The van der Waals surface area contributed by atoms with Gasteiger partial charge in [-0.3, -0.25) is 29.2 Å². The van der Waals surface area contributed by atoms with Crippen molar-refractivity contribution in [2.24, 2.45) is 27.6 Å². The molecule has 0 spiro atoms. The Bertz CT molecular complexity index is 2810. The molecule has 70 heavy (non-hydrogen) atoms. The zero-order valence-electron chi connectivity index (χ0n) is 40.3. The van der Waals surface area contributed by atoms with Gasteiger partial charge in [0.05, 0.1) is 68.1 Å². The van der Waals surface area contributed by atoms with E-state index in [0.29, 0.717) is 108 Å². The van der Waals surface area contributed by atoms with Crippen LogP contribution in [0.3, 0.4) is 0 Å². The maximum Gasteiger partial charge on any atom is 0.260 e. The molecular weight excluding hydrogens is 891 g/mol. The highest BCUT2D eigenvalue weighted by Crippen LogP contribution is 2.43. The number of aliphatic imine (C=N–C) groups is 2. The third-order valence-corrected chi connectivity index (χ3v) is 13.7. The van der Waals surface area contributed by atoms with Crippen molar-refractivity contribution in [2.75, 3.05) is 34.2 Å². The standard InChI is InChI=1S/C55H59N5O10/c1-32(2)53(56)46(62)9-6-8-33(3)45(61)16-12-34-10-13-35(14-11-34)37-20-39-27-57-43-25-51(48(65-4)23-41(43)54(63)59(39)29-37)67-18-7-19-68-52-26-44-42(24-49(52)66-5)55(64)60-30-38(21-40(60)28-58-44)36-15-17-47-50(22-36)70-31-69-47/h10-11,13-15,17,22-30,32-33,39-40,53H,6-9,12,16,18-21,31,56H2,1-5H3. The van der Waals surface area contributed by atoms with E-state index in [4.69, 9.17) is 44.1 Å². The van der Waals surface area contributed by atoms with Gasteiger partial charge in [0, 0.05) is 75.0 Å². The molecule has 0 radical (unpaired) electrons. The van der Waals surface area contributed by atoms with Crippen LogP contribution in [0.25, 0.3) is 11.1 Å². The Morgan fingerprint density at radius 1 is 0.686 bits per heavy atom. The summed E-state index contributed by atoms with van der Waals surface area (Å²) in [5.74, 6) is 2.99. The van der Waals surface area contributed by atoms with E-state index in [1.165, 1.54) is 14.2 Å². The number of nitrogens with zero attached hydrogens (tertiary/aromatic N) is 4. The second kappa shape index (κ2) is 20.8. The third kappa shape index (κ3) is 10.1. The number of methoxy groups -OCH3 is 2. The van der Waals surface area contributed by atoms with Gasteiger partial charge >= 0.3 is 0 Å². The first-order valence-corrected chi connectivity index (χ1v) is 24.0. The zero-order valence-corrected chi connectivity index (χ0v) is 40.3. The third-order valence-electron chi connectivity index (χ3n) is 13.7. The molecule has 0 saturated heterocycles. The first kappa shape index (κ1) is 47.8. The van der Waals surface area contributed by atoms with E-state index < -0.39 is 6.04 Å². The van der Waals surface area contributed by atoms with Gasteiger partial charge in [0.25, 0.3) is 11.8 Å². The van der Waals surface area contributed by atoms with Crippen molar-refractivity contribution in [3.63, 3.8) is 0 Å². The molecule has 2 amide bonds. The Morgan fingerprint density at radius 3 is 1.81 bits per heavy atom. The molecular formula is C55H59N5O10. The predicted molar refractivity (Wildman–Crippen MR) is 266 cm³/mol. The largest absolute Gasteiger partial charge is 0.493 e. The van der Waals surface area contributed by atoms with Gasteiger partial charge in [-0.25, -0.2) is 0 Å². The van der Waals surface area contributed by atoms with Gasteiger partial charge in [0.2, 0.25) is 6.79 Å². The second-order valence-electron chi connectivity index (χ2n) is 18.7. The minimum atomic E-state index is -0.447. The van der Waals surface area contributed by atoms with Crippen molar-refractivity contribution >= 4 is 58.3 Å². The molecule has 0 bridgehead atoms. The van der Waals surface area contributed by atoms with Crippen LogP contribution >= 0.6 is 0 Å². The summed E-state index contributed by atoms with van der Waals surface area (Å²) < 4.78 is 34.7. The fourth-order valence-corrected chi connectivity index (χ4v) is 9.34. The van der Waals surface area contributed by atoms with Crippen LogP contribution in [0, 0.1) is 11.8 Å². The Hall–Kier alpha value is -7.26. The van der Waals surface area contributed by atoms with Crippen LogP contribution < -0.4 is 34.2 Å². The molecule has 5 heterocycles. The Balaban J connectivity index is 0.768. The number of rotatable bonds is 20. The molecule has 5 aliphatic heterocycles. The number of carbonyl (C=O) groups excluding carboxylic acids is 4. The zero-order chi connectivity index (χ0) is 49.1. The number of benzene rings is 4. The fourth-order valence-electron chi connectivity index (χ4n) is 9.34. The molecule has 9 rings (SSSR count). The first-order valence-electron chi connectivity index (χ1n) is 24.0. The summed E-state index contributed by atoms with van der Waals surface area (Å²) >= 11 is 0. The van der Waals surface area contributed by atoms with Crippen LogP contribution in [0.1, 0.15) is 103 Å². The Labute approximate surface area is 407 Å². The molecule has 4 aromatic carbocycles. The predicted octanol–water partition coefficient (Wildman–Crippen LogP) is 9.08. The lowest BCUT2D eigenvalue weighted by Gasteiger charge is -2.19. The number of amides is 2. The van der Waals surface area contributed by atoms with Crippen LogP contribution in [0.5, 0.6) is 34.5 Å². The number of ketones is 2. The van der Waals surface area contributed by atoms with E-state index in [1.807, 2.05) is 75.6 Å². The number of aryl methyl sites for hydroxylation is 1. The second-order valence-corrected chi connectivity index (χ2v) is 18.7. The molecule has 0 fully saturated rings. The van der Waals surface area contributed by atoms with Crippen molar-refractivity contribution in [1.82, 2.24) is 9.80 Å². The van der Waals surface area contributed by atoms with Crippen LogP contribution in [-0.2, 0) is 16.0 Å². The van der Waals surface area contributed by atoms with Gasteiger partial charge in [-0.15, -0.1) is 0 Å². The molecule has 4 aromatic rings. The van der Waals surface area contributed by atoms with Gasteiger partial charge in [-0.1, -0.05) is 51.1 Å².